The summed E-state index contributed by atoms with van der Waals surface area (Å²) in [6.07, 6.45) is 4.06. The number of rotatable bonds is 2. The van der Waals surface area contributed by atoms with E-state index in [9.17, 15) is 0 Å². The molecule has 1 N–H and O–H groups in total. The summed E-state index contributed by atoms with van der Waals surface area (Å²) in [5.74, 6) is 0. The maximum Gasteiger partial charge on any atom is 0.0342 e. The Bertz CT molecular complexity index is 314. The summed E-state index contributed by atoms with van der Waals surface area (Å²) in [5.41, 5.74) is 2.93. The van der Waals surface area contributed by atoms with Crippen LogP contribution in [-0.2, 0) is 5.41 Å². The summed E-state index contributed by atoms with van der Waals surface area (Å²) in [7, 11) is 0. The van der Waals surface area contributed by atoms with Crippen molar-refractivity contribution in [1.29, 1.82) is 0 Å². The van der Waals surface area contributed by atoms with E-state index in [1.807, 2.05) is 0 Å². The largest absolute Gasteiger partial charge is 0.382 e. The number of hydrogen-bond acceptors (Lipinski definition) is 1. The highest BCUT2D eigenvalue weighted by molar-refractivity contribution is 5.46. The van der Waals surface area contributed by atoms with Gasteiger partial charge in [0.1, 0.15) is 0 Å². The van der Waals surface area contributed by atoms with Crippen molar-refractivity contribution in [3.05, 3.63) is 29.8 Å². The normalized spacial score (nSPS) is 17.3. The van der Waals surface area contributed by atoms with E-state index in [0.29, 0.717) is 0 Å². The molecule has 2 rings (SSSR count). The zero-order chi connectivity index (χ0) is 10.9. The third-order valence-corrected chi connectivity index (χ3v) is 3.23. The molecule has 1 aliphatic rings. The molecule has 0 aromatic heterocycles. The van der Waals surface area contributed by atoms with Gasteiger partial charge >= 0.3 is 0 Å². The molecule has 0 aliphatic heterocycles. The molecule has 1 saturated carbocycles. The second-order valence-electron chi connectivity index (χ2n) is 5.60. The molecule has 1 nitrogen and oxygen atoms in total. The van der Waals surface area contributed by atoms with Crippen LogP contribution in [0.2, 0.25) is 0 Å². The topological polar surface area (TPSA) is 12.0 Å². The van der Waals surface area contributed by atoms with Crippen LogP contribution in [0.3, 0.4) is 0 Å². The van der Waals surface area contributed by atoms with E-state index in [2.05, 4.69) is 50.4 Å². The van der Waals surface area contributed by atoms with Crippen LogP contribution in [0.15, 0.2) is 24.3 Å². The monoisotopic (exact) mass is 203 g/mol. The van der Waals surface area contributed by atoms with Gasteiger partial charge in [-0.15, -0.1) is 0 Å². The number of anilines is 1. The molecule has 1 aromatic rings. The Kier molecular flexibility index (Phi) is 2.72. The highest BCUT2D eigenvalue weighted by Crippen LogP contribution is 2.26. The molecule has 1 aromatic carbocycles. The first-order valence-electron chi connectivity index (χ1n) is 5.93. The standard InChI is InChI=1S/C14H21N/c1-14(2,3)11-7-9-13(10-8-11)15-12-5-4-6-12/h7-10,12,15H,4-6H2,1-3H3. The third kappa shape index (κ3) is 2.53. The Morgan fingerprint density at radius 2 is 1.67 bits per heavy atom. The molecule has 0 amide bonds. The minimum absolute atomic E-state index is 0.259. The summed E-state index contributed by atoms with van der Waals surface area (Å²) in [6.45, 7) is 6.75. The van der Waals surface area contributed by atoms with Crippen molar-refractivity contribution >= 4 is 5.69 Å². The van der Waals surface area contributed by atoms with Crippen LogP contribution >= 0.6 is 0 Å². The van der Waals surface area contributed by atoms with Crippen LogP contribution in [0.25, 0.3) is 0 Å². The highest BCUT2D eigenvalue weighted by Gasteiger charge is 2.17. The van der Waals surface area contributed by atoms with Gasteiger partial charge in [0.05, 0.1) is 0 Å². The third-order valence-electron chi connectivity index (χ3n) is 3.23. The summed E-state index contributed by atoms with van der Waals surface area (Å²) < 4.78 is 0. The summed E-state index contributed by atoms with van der Waals surface area (Å²) in [5, 5.41) is 3.56. The van der Waals surface area contributed by atoms with Crippen LogP contribution in [0.4, 0.5) is 5.69 Å². The smallest absolute Gasteiger partial charge is 0.0342 e. The van der Waals surface area contributed by atoms with Crippen molar-refractivity contribution in [2.24, 2.45) is 0 Å². The van der Waals surface area contributed by atoms with Crippen molar-refractivity contribution in [2.75, 3.05) is 5.32 Å². The lowest BCUT2D eigenvalue weighted by molar-refractivity contribution is 0.445. The zero-order valence-corrected chi connectivity index (χ0v) is 10.0. The van der Waals surface area contributed by atoms with Crippen LogP contribution in [0.1, 0.15) is 45.6 Å². The van der Waals surface area contributed by atoms with Gasteiger partial charge in [-0.1, -0.05) is 32.9 Å². The number of hydrogen-bond donors (Lipinski definition) is 1. The number of nitrogens with one attached hydrogen (secondary N) is 1. The summed E-state index contributed by atoms with van der Waals surface area (Å²) in [6, 6.07) is 9.62. The van der Waals surface area contributed by atoms with Gasteiger partial charge in [0, 0.05) is 11.7 Å². The van der Waals surface area contributed by atoms with Crippen molar-refractivity contribution in [3.63, 3.8) is 0 Å². The van der Waals surface area contributed by atoms with Gasteiger partial charge in [-0.05, 0) is 42.4 Å². The summed E-state index contributed by atoms with van der Waals surface area (Å²) >= 11 is 0. The van der Waals surface area contributed by atoms with E-state index < -0.39 is 0 Å². The van der Waals surface area contributed by atoms with Gasteiger partial charge in [0.15, 0.2) is 0 Å². The lowest BCUT2D eigenvalue weighted by Crippen LogP contribution is -2.26. The van der Waals surface area contributed by atoms with Crippen LogP contribution in [-0.4, -0.2) is 6.04 Å². The maximum absolute atomic E-state index is 3.56. The molecule has 15 heavy (non-hydrogen) atoms. The zero-order valence-electron chi connectivity index (χ0n) is 10.0. The fraction of sp³-hybridized carbons (Fsp3) is 0.571. The minimum atomic E-state index is 0.259. The van der Waals surface area contributed by atoms with E-state index in [1.165, 1.54) is 30.5 Å². The predicted octanol–water partition coefficient (Wildman–Crippen LogP) is 3.95. The summed E-state index contributed by atoms with van der Waals surface area (Å²) in [4.78, 5) is 0. The first-order valence-corrected chi connectivity index (χ1v) is 5.93. The molecule has 0 saturated heterocycles. The predicted molar refractivity (Wildman–Crippen MR) is 66.4 cm³/mol. The first kappa shape index (κ1) is 10.5. The first-order chi connectivity index (χ1) is 7.05. The molecule has 0 spiro atoms. The molecule has 1 fully saturated rings. The van der Waals surface area contributed by atoms with Gasteiger partial charge in [-0.25, -0.2) is 0 Å². The molecule has 0 unspecified atom stereocenters. The Morgan fingerprint density at radius 3 is 2.07 bits per heavy atom. The van der Waals surface area contributed by atoms with Crippen molar-refractivity contribution in [3.8, 4) is 0 Å². The molecule has 1 aliphatic carbocycles. The van der Waals surface area contributed by atoms with Gasteiger partial charge in [-0.3, -0.25) is 0 Å². The van der Waals surface area contributed by atoms with Crippen molar-refractivity contribution < 1.29 is 0 Å². The van der Waals surface area contributed by atoms with Crippen LogP contribution < -0.4 is 5.32 Å². The molecule has 0 atom stereocenters. The van der Waals surface area contributed by atoms with Gasteiger partial charge < -0.3 is 5.32 Å². The minimum Gasteiger partial charge on any atom is -0.382 e. The lowest BCUT2D eigenvalue weighted by Gasteiger charge is -2.28. The second kappa shape index (κ2) is 3.88. The molecular formula is C14H21N. The Hall–Kier alpha value is -0.980. The fourth-order valence-electron chi connectivity index (χ4n) is 1.85. The SMILES string of the molecule is CC(C)(C)c1ccc(NC2CCC2)cc1. The fourth-order valence-corrected chi connectivity index (χ4v) is 1.85. The van der Waals surface area contributed by atoms with E-state index in [4.69, 9.17) is 0 Å². The Morgan fingerprint density at radius 1 is 1.07 bits per heavy atom. The van der Waals surface area contributed by atoms with Crippen LogP contribution in [0, 0.1) is 0 Å². The molecule has 0 radical (unpaired) electrons. The quantitative estimate of drug-likeness (QED) is 0.767. The van der Waals surface area contributed by atoms with E-state index in [1.54, 1.807) is 0 Å². The van der Waals surface area contributed by atoms with Gasteiger partial charge in [0.25, 0.3) is 0 Å². The molecule has 0 heterocycles. The average molecular weight is 203 g/mol. The maximum atomic E-state index is 3.56. The van der Waals surface area contributed by atoms with Gasteiger partial charge in [-0.2, -0.15) is 0 Å². The molecule has 82 valence electrons. The van der Waals surface area contributed by atoms with Crippen molar-refractivity contribution in [1.82, 2.24) is 0 Å². The average Bonchev–Trinajstić information content (AvgIpc) is 2.11. The Labute approximate surface area is 92.9 Å². The van der Waals surface area contributed by atoms with E-state index in [-0.39, 0.29) is 5.41 Å². The molecule has 0 bridgehead atoms. The second-order valence-corrected chi connectivity index (χ2v) is 5.60. The highest BCUT2D eigenvalue weighted by atomic mass is 14.9. The van der Waals surface area contributed by atoms with Crippen molar-refractivity contribution in [2.45, 2.75) is 51.5 Å². The van der Waals surface area contributed by atoms with E-state index in [0.717, 1.165) is 6.04 Å². The van der Waals surface area contributed by atoms with Gasteiger partial charge in [0.2, 0.25) is 0 Å². The van der Waals surface area contributed by atoms with E-state index >= 15 is 0 Å². The van der Waals surface area contributed by atoms with Crippen LogP contribution in [0.5, 0.6) is 0 Å². The Balaban J connectivity index is 2.03. The number of benzene rings is 1. The molecule has 1 heteroatoms. The lowest BCUT2D eigenvalue weighted by atomic mass is 9.87. The molecular weight excluding hydrogens is 182 g/mol.